The van der Waals surface area contributed by atoms with Crippen LogP contribution in [0.3, 0.4) is 0 Å². The van der Waals surface area contributed by atoms with E-state index in [0.29, 0.717) is 19.6 Å². The molecule has 0 bridgehead atoms. The van der Waals surface area contributed by atoms with E-state index in [-0.39, 0.29) is 11.9 Å². The number of anilines is 1. The summed E-state index contributed by atoms with van der Waals surface area (Å²) >= 11 is 0. The van der Waals surface area contributed by atoms with Crippen LogP contribution in [0.1, 0.15) is 18.1 Å². The van der Waals surface area contributed by atoms with Crippen LogP contribution in [0.2, 0.25) is 0 Å². The first-order chi connectivity index (χ1) is 9.10. The number of fused-ring (bicyclic) bond motifs is 1. The predicted molar refractivity (Wildman–Crippen MR) is 70.9 cm³/mol. The third-order valence-electron chi connectivity index (χ3n) is 3.78. The number of hydrogen-bond donors (Lipinski definition) is 2. The summed E-state index contributed by atoms with van der Waals surface area (Å²) in [5.74, 6) is -0.688. The van der Waals surface area contributed by atoms with Crippen molar-refractivity contribution in [2.24, 2.45) is 0 Å². The van der Waals surface area contributed by atoms with Crippen molar-refractivity contribution in [3.8, 4) is 0 Å². The maximum absolute atomic E-state index is 11.4. The van der Waals surface area contributed by atoms with Crippen molar-refractivity contribution in [3.63, 3.8) is 0 Å². The number of likely N-dealkylation sites (N-methyl/N-ethyl adjacent to an activating group) is 1. The predicted octanol–water partition coefficient (Wildman–Crippen LogP) is 0.989. The molecule has 0 aliphatic carbocycles. The molecule has 2 N–H and O–H groups in total. The van der Waals surface area contributed by atoms with E-state index in [4.69, 9.17) is 9.47 Å². The Labute approximate surface area is 112 Å². The Kier molecular flexibility index (Phi) is 3.05. The van der Waals surface area contributed by atoms with E-state index in [1.54, 1.807) is 0 Å². The Morgan fingerprint density at radius 2 is 2.11 bits per heavy atom. The zero-order chi connectivity index (χ0) is 13.5. The molecule has 2 aliphatic rings. The number of nitrogens with one attached hydrogen (secondary N) is 2. The SMILES string of the molecule is CNC1COC(C)(c2ccc3c(c2)CC(=O)N3)OC1. The molecule has 0 radical (unpaired) electrons. The van der Waals surface area contributed by atoms with Crippen molar-refractivity contribution < 1.29 is 14.3 Å². The average molecular weight is 262 g/mol. The largest absolute Gasteiger partial charge is 0.344 e. The van der Waals surface area contributed by atoms with Crippen LogP contribution in [0.4, 0.5) is 5.69 Å². The van der Waals surface area contributed by atoms with E-state index < -0.39 is 5.79 Å². The zero-order valence-electron chi connectivity index (χ0n) is 11.2. The van der Waals surface area contributed by atoms with E-state index in [2.05, 4.69) is 10.6 Å². The monoisotopic (exact) mass is 262 g/mol. The van der Waals surface area contributed by atoms with E-state index in [0.717, 1.165) is 16.8 Å². The summed E-state index contributed by atoms with van der Waals surface area (Å²) in [7, 11) is 1.90. The van der Waals surface area contributed by atoms with Crippen molar-refractivity contribution >= 4 is 11.6 Å². The lowest BCUT2D eigenvalue weighted by Gasteiger charge is -2.38. The van der Waals surface area contributed by atoms with E-state index >= 15 is 0 Å². The van der Waals surface area contributed by atoms with Crippen LogP contribution in [0.15, 0.2) is 18.2 Å². The fraction of sp³-hybridized carbons (Fsp3) is 0.500. The smallest absolute Gasteiger partial charge is 0.228 e. The van der Waals surface area contributed by atoms with Gasteiger partial charge < -0.3 is 20.1 Å². The number of ether oxygens (including phenoxy) is 2. The van der Waals surface area contributed by atoms with Gasteiger partial charge in [-0.25, -0.2) is 0 Å². The lowest BCUT2D eigenvalue weighted by molar-refractivity contribution is -0.272. The van der Waals surface area contributed by atoms with Crippen LogP contribution in [0, 0.1) is 0 Å². The molecule has 1 fully saturated rings. The van der Waals surface area contributed by atoms with Gasteiger partial charge >= 0.3 is 0 Å². The van der Waals surface area contributed by atoms with Gasteiger partial charge in [0.2, 0.25) is 5.91 Å². The first kappa shape index (κ1) is 12.6. The topological polar surface area (TPSA) is 59.6 Å². The highest BCUT2D eigenvalue weighted by atomic mass is 16.7. The van der Waals surface area contributed by atoms with Gasteiger partial charge in [0.1, 0.15) is 0 Å². The number of benzene rings is 1. The molecule has 0 unspecified atom stereocenters. The van der Waals surface area contributed by atoms with Gasteiger partial charge in [-0.15, -0.1) is 0 Å². The standard InChI is InChI=1S/C14H18N2O3/c1-14(18-7-11(15-2)8-19-14)10-3-4-12-9(5-10)6-13(17)16-12/h3-5,11,15H,6-8H2,1-2H3,(H,16,17). The maximum Gasteiger partial charge on any atom is 0.228 e. The molecular weight excluding hydrogens is 244 g/mol. The van der Waals surface area contributed by atoms with Crippen molar-refractivity contribution in [2.75, 3.05) is 25.6 Å². The minimum atomic E-state index is -0.728. The highest BCUT2D eigenvalue weighted by Gasteiger charge is 2.35. The van der Waals surface area contributed by atoms with E-state index in [1.807, 2.05) is 32.2 Å². The van der Waals surface area contributed by atoms with Gasteiger partial charge in [0.15, 0.2) is 5.79 Å². The van der Waals surface area contributed by atoms with Crippen molar-refractivity contribution in [3.05, 3.63) is 29.3 Å². The quantitative estimate of drug-likeness (QED) is 0.834. The third kappa shape index (κ3) is 2.25. The number of rotatable bonds is 2. The average Bonchev–Trinajstić information content (AvgIpc) is 2.78. The van der Waals surface area contributed by atoms with Crippen molar-refractivity contribution in [1.29, 1.82) is 0 Å². The number of carbonyl (C=O) groups is 1. The summed E-state index contributed by atoms with van der Waals surface area (Å²) in [6.45, 7) is 3.15. The Morgan fingerprint density at radius 3 is 2.79 bits per heavy atom. The first-order valence-corrected chi connectivity index (χ1v) is 6.49. The van der Waals surface area contributed by atoms with Crippen LogP contribution in [0.25, 0.3) is 0 Å². The lowest BCUT2D eigenvalue weighted by Crippen LogP contribution is -2.47. The third-order valence-corrected chi connectivity index (χ3v) is 3.78. The molecule has 1 aromatic carbocycles. The molecular formula is C14H18N2O3. The molecule has 2 aliphatic heterocycles. The molecule has 0 atom stereocenters. The minimum Gasteiger partial charge on any atom is -0.344 e. The van der Waals surface area contributed by atoms with Gasteiger partial charge in [-0.3, -0.25) is 4.79 Å². The molecule has 5 heteroatoms. The molecule has 0 spiro atoms. The van der Waals surface area contributed by atoms with Gasteiger partial charge in [0, 0.05) is 11.3 Å². The Morgan fingerprint density at radius 1 is 1.37 bits per heavy atom. The van der Waals surface area contributed by atoms with Crippen molar-refractivity contribution in [2.45, 2.75) is 25.2 Å². The minimum absolute atomic E-state index is 0.0398. The highest BCUT2D eigenvalue weighted by molar-refractivity contribution is 5.99. The molecule has 102 valence electrons. The number of hydrogen-bond acceptors (Lipinski definition) is 4. The first-order valence-electron chi connectivity index (χ1n) is 6.49. The van der Waals surface area contributed by atoms with Crippen LogP contribution < -0.4 is 10.6 Å². The Balaban J connectivity index is 1.83. The number of amides is 1. The van der Waals surface area contributed by atoms with Gasteiger partial charge in [0.25, 0.3) is 0 Å². The van der Waals surface area contributed by atoms with Crippen molar-refractivity contribution in [1.82, 2.24) is 5.32 Å². The second kappa shape index (κ2) is 4.59. The van der Waals surface area contributed by atoms with Gasteiger partial charge in [0.05, 0.1) is 25.7 Å². The molecule has 19 heavy (non-hydrogen) atoms. The van der Waals surface area contributed by atoms with Crippen LogP contribution in [-0.2, 0) is 26.5 Å². The molecule has 1 aromatic rings. The fourth-order valence-corrected chi connectivity index (χ4v) is 2.45. The second-order valence-corrected chi connectivity index (χ2v) is 5.15. The van der Waals surface area contributed by atoms with Gasteiger partial charge in [-0.1, -0.05) is 6.07 Å². The zero-order valence-corrected chi connectivity index (χ0v) is 11.2. The number of carbonyl (C=O) groups excluding carboxylic acids is 1. The summed E-state index contributed by atoms with van der Waals surface area (Å²) in [5, 5.41) is 5.96. The molecule has 1 amide bonds. The molecule has 5 nitrogen and oxygen atoms in total. The van der Waals surface area contributed by atoms with Gasteiger partial charge in [-0.05, 0) is 31.7 Å². The summed E-state index contributed by atoms with van der Waals surface area (Å²) < 4.78 is 11.7. The summed E-state index contributed by atoms with van der Waals surface area (Å²) in [4.78, 5) is 11.4. The normalized spacial score (nSPS) is 30.0. The molecule has 0 aromatic heterocycles. The Hall–Kier alpha value is -1.43. The van der Waals surface area contributed by atoms with Crippen LogP contribution >= 0.6 is 0 Å². The van der Waals surface area contributed by atoms with E-state index in [1.165, 1.54) is 0 Å². The summed E-state index contributed by atoms with van der Waals surface area (Å²) in [6, 6.07) is 6.08. The lowest BCUT2D eigenvalue weighted by atomic mass is 10.0. The maximum atomic E-state index is 11.4. The highest BCUT2D eigenvalue weighted by Crippen LogP contribution is 2.34. The fourth-order valence-electron chi connectivity index (χ4n) is 2.45. The molecule has 3 rings (SSSR count). The summed E-state index contributed by atoms with van der Waals surface area (Å²) in [5.41, 5.74) is 2.85. The molecule has 2 heterocycles. The van der Waals surface area contributed by atoms with Gasteiger partial charge in [-0.2, -0.15) is 0 Å². The van der Waals surface area contributed by atoms with E-state index in [9.17, 15) is 4.79 Å². The second-order valence-electron chi connectivity index (χ2n) is 5.15. The van der Waals surface area contributed by atoms with Crippen LogP contribution in [-0.4, -0.2) is 32.2 Å². The molecule has 1 saturated heterocycles. The summed E-state index contributed by atoms with van der Waals surface area (Å²) in [6.07, 6.45) is 0.429. The molecule has 0 saturated carbocycles. The Bertz CT molecular complexity index is 507. The van der Waals surface area contributed by atoms with Crippen LogP contribution in [0.5, 0.6) is 0 Å².